The Kier molecular flexibility index (Phi) is 3.62. The van der Waals surface area contributed by atoms with Crippen molar-refractivity contribution in [3.05, 3.63) is 47.2 Å². The van der Waals surface area contributed by atoms with E-state index in [9.17, 15) is 4.79 Å². The molecule has 0 aromatic heterocycles. The second-order valence-corrected chi connectivity index (χ2v) is 4.25. The molecule has 1 aliphatic rings. The van der Waals surface area contributed by atoms with Gasteiger partial charge in [-0.1, -0.05) is 30.3 Å². The van der Waals surface area contributed by atoms with E-state index in [1.165, 1.54) is 6.92 Å². The zero-order chi connectivity index (χ0) is 13.8. The molecule has 2 N–H and O–H groups in total. The molecule has 19 heavy (non-hydrogen) atoms. The smallest absolute Gasteiger partial charge is 0.209 e. The first-order valence-electron chi connectivity index (χ1n) is 5.90. The van der Waals surface area contributed by atoms with Gasteiger partial charge in [-0.15, -0.1) is 0 Å². The molecule has 0 fully saturated rings. The van der Waals surface area contributed by atoms with Crippen molar-refractivity contribution in [2.75, 3.05) is 0 Å². The van der Waals surface area contributed by atoms with Gasteiger partial charge in [0.1, 0.15) is 6.04 Å². The number of nitrogens with one attached hydrogen (secondary N) is 2. The zero-order valence-electron chi connectivity index (χ0n) is 10.8. The topological polar surface area (TPSA) is 77.3 Å². The Morgan fingerprint density at radius 3 is 2.68 bits per heavy atom. The van der Waals surface area contributed by atoms with Crippen molar-refractivity contribution in [3.63, 3.8) is 0 Å². The molecule has 0 spiro atoms. The fourth-order valence-electron chi connectivity index (χ4n) is 2.13. The van der Waals surface area contributed by atoms with Gasteiger partial charge < -0.3 is 5.32 Å². The summed E-state index contributed by atoms with van der Waals surface area (Å²) in [5, 5.41) is 14.1. The molecule has 96 valence electrons. The van der Waals surface area contributed by atoms with Crippen molar-refractivity contribution in [1.82, 2.24) is 10.6 Å². The highest BCUT2D eigenvalue weighted by molar-refractivity contribution is 5.98. The first kappa shape index (κ1) is 12.8. The number of carbonyl (C=O) groups is 1. The van der Waals surface area contributed by atoms with E-state index in [4.69, 9.17) is 5.26 Å². The molecule has 5 heteroatoms. The summed E-state index contributed by atoms with van der Waals surface area (Å²) in [6.07, 6.45) is 1.82. The maximum atomic E-state index is 11.8. The second kappa shape index (κ2) is 5.36. The van der Waals surface area contributed by atoms with Gasteiger partial charge in [0.15, 0.2) is 12.0 Å². The summed E-state index contributed by atoms with van der Waals surface area (Å²) in [7, 11) is 0. The summed E-state index contributed by atoms with van der Waals surface area (Å²) in [5.41, 5.74) is 2.26. The van der Waals surface area contributed by atoms with Crippen LogP contribution in [0.1, 0.15) is 25.5 Å². The van der Waals surface area contributed by atoms with Gasteiger partial charge in [0, 0.05) is 11.3 Å². The molecule has 5 nitrogen and oxygen atoms in total. The lowest BCUT2D eigenvalue weighted by molar-refractivity contribution is -0.113. The Labute approximate surface area is 111 Å². The first-order valence-corrected chi connectivity index (χ1v) is 5.90. The first-order chi connectivity index (χ1) is 9.13. The van der Waals surface area contributed by atoms with Crippen LogP contribution in [0.2, 0.25) is 0 Å². The van der Waals surface area contributed by atoms with Crippen molar-refractivity contribution < 1.29 is 4.79 Å². The van der Waals surface area contributed by atoms with Crippen LogP contribution in [0.4, 0.5) is 0 Å². The third-order valence-corrected chi connectivity index (χ3v) is 2.91. The summed E-state index contributed by atoms with van der Waals surface area (Å²) < 4.78 is 0. The summed E-state index contributed by atoms with van der Waals surface area (Å²) >= 11 is 0. The lowest BCUT2D eigenvalue weighted by Gasteiger charge is -2.25. The number of hydrogen-bond donors (Lipinski definition) is 2. The highest BCUT2D eigenvalue weighted by atomic mass is 16.1. The Balaban J connectivity index is 2.47. The van der Waals surface area contributed by atoms with E-state index in [2.05, 4.69) is 15.6 Å². The molecular weight excluding hydrogens is 240 g/mol. The highest BCUT2D eigenvalue weighted by Gasteiger charge is 2.26. The molecule has 2 rings (SSSR count). The van der Waals surface area contributed by atoms with Crippen LogP contribution < -0.4 is 10.6 Å². The summed E-state index contributed by atoms with van der Waals surface area (Å²) in [6, 6.07) is 9.16. The number of nitrogens with zero attached hydrogens (tertiary/aromatic N) is 2. The van der Waals surface area contributed by atoms with E-state index in [1.807, 2.05) is 36.5 Å². The van der Waals surface area contributed by atoms with E-state index in [-0.39, 0.29) is 11.8 Å². The van der Waals surface area contributed by atoms with Crippen LogP contribution in [0.15, 0.2) is 46.6 Å². The number of ketones is 1. The number of hydrogen-bond acceptors (Lipinski definition) is 5. The minimum atomic E-state index is -0.379. The van der Waals surface area contributed by atoms with E-state index in [0.29, 0.717) is 17.2 Å². The van der Waals surface area contributed by atoms with E-state index >= 15 is 0 Å². The molecule has 0 bridgehead atoms. The number of benzene rings is 1. The predicted molar refractivity (Wildman–Crippen MR) is 71.9 cm³/mol. The van der Waals surface area contributed by atoms with Gasteiger partial charge in [0.2, 0.25) is 5.96 Å². The van der Waals surface area contributed by atoms with Crippen LogP contribution in [-0.2, 0) is 4.79 Å². The number of allylic oxidation sites excluding steroid dienone is 1. The lowest BCUT2D eigenvalue weighted by Crippen LogP contribution is -2.38. The van der Waals surface area contributed by atoms with Crippen LogP contribution in [0.3, 0.4) is 0 Å². The molecule has 1 heterocycles. The van der Waals surface area contributed by atoms with E-state index in [1.54, 1.807) is 6.92 Å². The predicted octanol–water partition coefficient (Wildman–Crippen LogP) is 1.62. The van der Waals surface area contributed by atoms with Crippen LogP contribution in [-0.4, -0.2) is 11.7 Å². The molecule has 0 saturated heterocycles. The number of Topliss-reactive ketones (excluding diaryl/α,β-unsaturated/α-hetero) is 1. The van der Waals surface area contributed by atoms with Crippen molar-refractivity contribution in [2.45, 2.75) is 19.9 Å². The van der Waals surface area contributed by atoms with Gasteiger partial charge in [-0.25, -0.2) is 4.99 Å². The molecular formula is C14H14N4O. The SMILES string of the molecule is CC(=O)C1=C(C)NC(NC#N)=N[C@H]1c1ccccc1. The molecule has 1 aromatic carbocycles. The lowest BCUT2D eigenvalue weighted by atomic mass is 9.94. The third-order valence-electron chi connectivity index (χ3n) is 2.91. The van der Waals surface area contributed by atoms with Crippen LogP contribution in [0, 0.1) is 11.5 Å². The van der Waals surface area contributed by atoms with Gasteiger partial charge in [-0.2, -0.15) is 5.26 Å². The van der Waals surface area contributed by atoms with E-state index < -0.39 is 0 Å². The van der Waals surface area contributed by atoms with Crippen LogP contribution in [0.25, 0.3) is 0 Å². The fourth-order valence-corrected chi connectivity index (χ4v) is 2.13. The maximum absolute atomic E-state index is 11.8. The number of rotatable bonds is 2. The van der Waals surface area contributed by atoms with Gasteiger partial charge in [0.05, 0.1) is 0 Å². The van der Waals surface area contributed by atoms with E-state index in [0.717, 1.165) is 5.56 Å². The summed E-state index contributed by atoms with van der Waals surface area (Å²) in [5.74, 6) is 0.331. The Bertz CT molecular complexity index is 596. The van der Waals surface area contributed by atoms with Crippen molar-refractivity contribution in [2.24, 2.45) is 4.99 Å². The molecule has 1 aliphatic heterocycles. The number of nitriles is 1. The average Bonchev–Trinajstić information content (AvgIpc) is 2.39. The maximum Gasteiger partial charge on any atom is 0.209 e. The number of carbonyl (C=O) groups excluding carboxylic acids is 1. The highest BCUT2D eigenvalue weighted by Crippen LogP contribution is 2.30. The van der Waals surface area contributed by atoms with Gasteiger partial charge in [-0.3, -0.25) is 10.1 Å². The van der Waals surface area contributed by atoms with Crippen molar-refractivity contribution in [3.8, 4) is 6.19 Å². The summed E-state index contributed by atoms with van der Waals surface area (Å²) in [4.78, 5) is 16.2. The molecule has 1 aromatic rings. The Hall–Kier alpha value is -2.61. The molecule has 0 amide bonds. The largest absolute Gasteiger partial charge is 0.329 e. The van der Waals surface area contributed by atoms with Gasteiger partial charge in [-0.05, 0) is 19.4 Å². The zero-order valence-corrected chi connectivity index (χ0v) is 10.8. The fraction of sp³-hybridized carbons (Fsp3) is 0.214. The van der Waals surface area contributed by atoms with Gasteiger partial charge >= 0.3 is 0 Å². The summed E-state index contributed by atoms with van der Waals surface area (Å²) in [6.45, 7) is 3.33. The minimum absolute atomic E-state index is 0.0291. The molecule has 0 unspecified atom stereocenters. The Morgan fingerprint density at radius 2 is 2.11 bits per heavy atom. The molecule has 0 saturated carbocycles. The molecule has 0 radical (unpaired) electrons. The number of aliphatic imine (C=N–C) groups is 1. The van der Waals surface area contributed by atoms with Crippen LogP contribution >= 0.6 is 0 Å². The quantitative estimate of drug-likeness (QED) is 0.621. The van der Waals surface area contributed by atoms with Crippen LogP contribution in [0.5, 0.6) is 0 Å². The monoisotopic (exact) mass is 254 g/mol. The van der Waals surface area contributed by atoms with Gasteiger partial charge in [0.25, 0.3) is 0 Å². The average molecular weight is 254 g/mol. The number of guanidine groups is 1. The second-order valence-electron chi connectivity index (χ2n) is 4.25. The third kappa shape index (κ3) is 2.63. The van der Waals surface area contributed by atoms with Crippen molar-refractivity contribution in [1.29, 1.82) is 5.26 Å². The molecule has 0 aliphatic carbocycles. The normalized spacial score (nSPS) is 18.2. The minimum Gasteiger partial charge on any atom is -0.329 e. The Morgan fingerprint density at radius 1 is 1.42 bits per heavy atom. The molecule has 1 atom stereocenters. The van der Waals surface area contributed by atoms with Crippen molar-refractivity contribution >= 4 is 11.7 Å². The standard InChI is InChI=1S/C14H14N4O/c1-9-12(10(2)19)13(11-6-4-3-5-7-11)18-14(17-9)16-8-15/h3-7,13H,1-2H3,(H2,16,17,18)/t13-/m0/s1.